The highest BCUT2D eigenvalue weighted by atomic mass is 16.6. The minimum absolute atomic E-state index is 0.0339. The molecule has 0 aliphatic carbocycles. The number of likely N-dealkylation sites (tertiary alicyclic amines) is 1. The molecule has 0 spiro atoms. The number of para-hydroxylation sites is 1. The van der Waals surface area contributed by atoms with Gasteiger partial charge in [0, 0.05) is 44.7 Å². The summed E-state index contributed by atoms with van der Waals surface area (Å²) in [5.41, 5.74) is 3.38. The highest BCUT2D eigenvalue weighted by Crippen LogP contribution is 2.34. The lowest BCUT2D eigenvalue weighted by atomic mass is 9.84. The van der Waals surface area contributed by atoms with Crippen LogP contribution in [-0.2, 0) is 19.2 Å². The molecule has 5 rings (SSSR count). The molecule has 2 fully saturated rings. The van der Waals surface area contributed by atoms with Crippen molar-refractivity contribution in [3.05, 3.63) is 65.7 Å². The molecule has 11 heteroatoms. The summed E-state index contributed by atoms with van der Waals surface area (Å²) in [5.74, 6) is -1.90. The van der Waals surface area contributed by atoms with E-state index in [1.165, 1.54) is 5.69 Å². The van der Waals surface area contributed by atoms with Gasteiger partial charge in [-0.05, 0) is 36.1 Å². The van der Waals surface area contributed by atoms with E-state index in [1.54, 1.807) is 0 Å². The summed E-state index contributed by atoms with van der Waals surface area (Å²) in [4.78, 5) is 32.3. The zero-order valence-electron chi connectivity index (χ0n) is 23.1. The fourth-order valence-corrected chi connectivity index (χ4v) is 5.67. The molecule has 41 heavy (non-hydrogen) atoms. The lowest BCUT2D eigenvalue weighted by molar-refractivity contribution is -0.159. The third kappa shape index (κ3) is 7.83. The van der Waals surface area contributed by atoms with E-state index in [-0.39, 0.29) is 12.6 Å². The van der Waals surface area contributed by atoms with Crippen LogP contribution in [0.4, 0.5) is 5.69 Å². The number of anilines is 1. The lowest BCUT2D eigenvalue weighted by Crippen LogP contribution is -2.49. The number of carboxylic acids is 2. The van der Waals surface area contributed by atoms with Gasteiger partial charge in [0.25, 0.3) is 0 Å². The number of ether oxygens (including phenoxy) is 1. The largest absolute Gasteiger partial charge is 0.480 e. The van der Waals surface area contributed by atoms with Gasteiger partial charge >= 0.3 is 11.9 Å². The van der Waals surface area contributed by atoms with Crippen LogP contribution in [0.3, 0.4) is 0 Å². The predicted octanol–water partition coefficient (Wildman–Crippen LogP) is 2.75. The van der Waals surface area contributed by atoms with Crippen molar-refractivity contribution in [2.45, 2.75) is 37.4 Å². The second-order valence-electron chi connectivity index (χ2n) is 10.9. The van der Waals surface area contributed by atoms with Crippen LogP contribution < -0.4 is 4.90 Å². The summed E-state index contributed by atoms with van der Waals surface area (Å²) in [6.45, 7) is 4.23. The Balaban J connectivity index is 1.11. The van der Waals surface area contributed by atoms with Crippen LogP contribution in [0.2, 0.25) is 0 Å². The van der Waals surface area contributed by atoms with E-state index in [4.69, 9.17) is 14.7 Å². The summed E-state index contributed by atoms with van der Waals surface area (Å²) in [6.07, 6.45) is 3.82. The zero-order valence-corrected chi connectivity index (χ0v) is 23.1. The van der Waals surface area contributed by atoms with Crippen molar-refractivity contribution in [1.29, 1.82) is 0 Å². The molecule has 3 heterocycles. The number of nitrogens with zero attached hydrogens (tertiary/aromatic N) is 5. The monoisotopic (exact) mass is 563 g/mol. The fourth-order valence-electron chi connectivity index (χ4n) is 5.67. The predicted molar refractivity (Wildman–Crippen MR) is 155 cm³/mol. The van der Waals surface area contributed by atoms with Gasteiger partial charge in [-0.2, -0.15) is 5.10 Å². The molecule has 2 aromatic rings. The van der Waals surface area contributed by atoms with E-state index >= 15 is 0 Å². The van der Waals surface area contributed by atoms with Gasteiger partial charge in [0.15, 0.2) is 0 Å². The van der Waals surface area contributed by atoms with Crippen molar-refractivity contribution < 1.29 is 29.4 Å². The van der Waals surface area contributed by atoms with Crippen LogP contribution in [-0.4, -0.2) is 108 Å². The Morgan fingerprint density at radius 2 is 1.68 bits per heavy atom. The normalized spacial score (nSPS) is 21.1. The number of hydrogen-bond acceptors (Lipinski definition) is 9. The number of carboxylic acid groups (broad SMARTS) is 2. The van der Waals surface area contributed by atoms with Crippen molar-refractivity contribution in [3.8, 4) is 0 Å². The van der Waals surface area contributed by atoms with Crippen molar-refractivity contribution in [2.24, 2.45) is 10.3 Å². The molecule has 218 valence electrons. The van der Waals surface area contributed by atoms with Gasteiger partial charge in [-0.1, -0.05) is 47.6 Å². The summed E-state index contributed by atoms with van der Waals surface area (Å²) in [6, 6.07) is 18.5. The summed E-state index contributed by atoms with van der Waals surface area (Å²) < 4.78 is 5.88. The van der Waals surface area contributed by atoms with Crippen molar-refractivity contribution in [1.82, 2.24) is 9.91 Å². The Morgan fingerprint density at radius 3 is 2.34 bits per heavy atom. The molecule has 3 aliphatic rings. The maximum atomic E-state index is 11.2. The third-order valence-corrected chi connectivity index (χ3v) is 7.95. The van der Waals surface area contributed by atoms with Gasteiger partial charge in [0.2, 0.25) is 0 Å². The minimum Gasteiger partial charge on any atom is -0.480 e. The van der Waals surface area contributed by atoms with Gasteiger partial charge < -0.3 is 24.7 Å². The Hall–Kier alpha value is -3.96. The summed E-state index contributed by atoms with van der Waals surface area (Å²) in [7, 11) is 0. The highest BCUT2D eigenvalue weighted by Gasteiger charge is 2.40. The van der Waals surface area contributed by atoms with E-state index in [1.807, 2.05) is 41.4 Å². The van der Waals surface area contributed by atoms with Gasteiger partial charge in [0.1, 0.15) is 12.7 Å². The molecular formula is C30H37N5O6. The van der Waals surface area contributed by atoms with Gasteiger partial charge in [0.05, 0.1) is 37.2 Å². The summed E-state index contributed by atoms with van der Waals surface area (Å²) in [5, 5.41) is 29.4. The number of rotatable bonds is 11. The molecule has 11 nitrogen and oxygen atoms in total. The molecule has 2 aromatic carbocycles. The minimum atomic E-state index is -1.03. The molecule has 2 saturated heterocycles. The van der Waals surface area contributed by atoms with E-state index in [0.29, 0.717) is 38.8 Å². The number of hydrazone groups is 1. The van der Waals surface area contributed by atoms with E-state index in [2.05, 4.69) is 44.4 Å². The van der Waals surface area contributed by atoms with E-state index < -0.39 is 24.1 Å². The first-order valence-corrected chi connectivity index (χ1v) is 14.1. The van der Waals surface area contributed by atoms with E-state index in [0.717, 1.165) is 43.0 Å². The Labute approximate surface area is 239 Å². The van der Waals surface area contributed by atoms with Crippen LogP contribution in [0.15, 0.2) is 64.9 Å². The van der Waals surface area contributed by atoms with Crippen molar-refractivity contribution in [2.75, 3.05) is 57.3 Å². The maximum Gasteiger partial charge on any atom is 0.329 e. The molecule has 2 N–H and O–H groups in total. The smallest absolute Gasteiger partial charge is 0.329 e. The Morgan fingerprint density at radius 1 is 0.976 bits per heavy atom. The average molecular weight is 564 g/mol. The first kappa shape index (κ1) is 28.6. The second kappa shape index (κ2) is 13.1. The molecule has 3 aliphatic heterocycles. The first-order valence-electron chi connectivity index (χ1n) is 14.1. The maximum absolute atomic E-state index is 11.2. The van der Waals surface area contributed by atoms with Crippen LogP contribution in [0.25, 0.3) is 0 Å². The molecule has 0 saturated carbocycles. The topological polar surface area (TPSA) is 128 Å². The van der Waals surface area contributed by atoms with Crippen LogP contribution in [0.1, 0.15) is 36.8 Å². The molecule has 0 aromatic heterocycles. The number of benzene rings is 2. The molecule has 1 unspecified atom stereocenters. The zero-order chi connectivity index (χ0) is 28.7. The fraction of sp³-hybridized carbons (Fsp3) is 0.467. The number of carbonyl (C=O) groups is 2. The number of oxime groups is 1. The van der Waals surface area contributed by atoms with Gasteiger partial charge in [-0.25, -0.2) is 4.79 Å². The number of piperidine rings is 1. The van der Waals surface area contributed by atoms with Gasteiger partial charge in [-0.15, -0.1) is 0 Å². The molecule has 0 bridgehead atoms. The molecule has 1 atom stereocenters. The second-order valence-corrected chi connectivity index (χ2v) is 10.9. The molecule has 0 radical (unpaired) electrons. The highest BCUT2D eigenvalue weighted by molar-refractivity contribution is 6.01. The Kier molecular flexibility index (Phi) is 9.15. The molecular weight excluding hydrogens is 526 g/mol. The number of piperazine rings is 1. The quantitative estimate of drug-likeness (QED) is 0.397. The number of hydrogen-bond donors (Lipinski definition) is 2. The third-order valence-electron chi connectivity index (χ3n) is 7.95. The average Bonchev–Trinajstić information content (AvgIpc) is 3.45. The van der Waals surface area contributed by atoms with Gasteiger partial charge in [-0.3, -0.25) is 14.7 Å². The standard InChI is InChI=1S/C30H37N5O6/c36-28(37)21-33-12-10-30(11-13-33,40-22-29(38)39)19-26-18-27(32-41-26)24-8-6-23(7-9-24)20-31-35-16-14-34(15-17-35)25-4-2-1-3-5-25/h1-9,20,26H,10-19,21-22H2,(H,36,37)(H,38,39)/b31-20+. The summed E-state index contributed by atoms with van der Waals surface area (Å²) >= 11 is 0. The van der Waals surface area contributed by atoms with Crippen LogP contribution >= 0.6 is 0 Å². The van der Waals surface area contributed by atoms with Crippen LogP contribution in [0.5, 0.6) is 0 Å². The van der Waals surface area contributed by atoms with Crippen LogP contribution in [0, 0.1) is 0 Å². The number of aliphatic carboxylic acids is 2. The van der Waals surface area contributed by atoms with E-state index in [9.17, 15) is 14.7 Å². The van der Waals surface area contributed by atoms with Crippen molar-refractivity contribution >= 4 is 29.6 Å². The lowest BCUT2D eigenvalue weighted by Gasteiger charge is -2.41. The molecule has 0 amide bonds. The Bertz CT molecular complexity index is 1240. The van der Waals surface area contributed by atoms with Crippen molar-refractivity contribution in [3.63, 3.8) is 0 Å². The SMILES string of the molecule is O=C(O)COC1(CC2CC(c3ccc(/C=N/N4CCN(c5ccccc5)CC4)cc3)=NO2)CCN(CC(=O)O)CC1. The first-order chi connectivity index (χ1) is 19.9.